The van der Waals surface area contributed by atoms with E-state index in [0.717, 1.165) is 0 Å². The van der Waals surface area contributed by atoms with Gasteiger partial charge in [-0.25, -0.2) is 4.57 Å². The third-order valence-electron chi connectivity index (χ3n) is 1.17. The molecule has 0 amide bonds. The average molecular weight is 220 g/mol. The zero-order valence-electron chi connectivity index (χ0n) is 8.86. The largest absolute Gasteiger partial charge is 0.475 e. The van der Waals surface area contributed by atoms with Gasteiger partial charge in [-0.05, 0) is 32.9 Å². The fraction of sp³-hybridized carbons (Fsp3) is 0.667. The predicted molar refractivity (Wildman–Crippen MR) is 55.1 cm³/mol. The summed E-state index contributed by atoms with van der Waals surface area (Å²) in [6, 6.07) is 0. The first-order valence-electron chi connectivity index (χ1n) is 4.57. The van der Waals surface area contributed by atoms with Crippen LogP contribution >= 0.6 is 7.82 Å². The van der Waals surface area contributed by atoms with Crippen LogP contribution in [0.1, 0.15) is 20.8 Å². The lowest BCUT2D eigenvalue weighted by molar-refractivity contribution is 0.131. The van der Waals surface area contributed by atoms with Crippen LogP contribution in [0, 0.1) is 0 Å². The molecule has 0 aromatic carbocycles. The molecule has 0 fully saturated rings. The zero-order chi connectivity index (χ0) is 10.9. The highest BCUT2D eigenvalue weighted by Crippen LogP contribution is 2.48. The van der Waals surface area contributed by atoms with E-state index in [2.05, 4.69) is 5.73 Å². The lowest BCUT2D eigenvalue weighted by atomic mass is 10.6. The minimum absolute atomic E-state index is 0.168. The molecule has 0 aliphatic rings. The molecule has 0 bridgehead atoms. The van der Waals surface area contributed by atoms with Crippen LogP contribution in [0.4, 0.5) is 0 Å². The van der Waals surface area contributed by atoms with Crippen molar-refractivity contribution in [1.29, 1.82) is 0 Å². The monoisotopic (exact) mass is 220 g/mol. The molecule has 5 heteroatoms. The molecule has 0 radical (unpaired) electrons. The van der Waals surface area contributed by atoms with Gasteiger partial charge < -0.3 is 0 Å². The van der Waals surface area contributed by atoms with E-state index in [1.165, 1.54) is 0 Å². The Labute approximate surface area is 85.2 Å². The van der Waals surface area contributed by atoms with E-state index >= 15 is 0 Å². The van der Waals surface area contributed by atoms with Crippen molar-refractivity contribution in [3.63, 3.8) is 0 Å². The summed E-state index contributed by atoms with van der Waals surface area (Å²) in [4.78, 5) is 0. The maximum atomic E-state index is 11.7. The normalized spacial score (nSPS) is 10.8. The lowest BCUT2D eigenvalue weighted by Crippen LogP contribution is -1.99. The van der Waals surface area contributed by atoms with Gasteiger partial charge in [0.2, 0.25) is 0 Å². The number of hydrogen-bond acceptors (Lipinski definition) is 4. The van der Waals surface area contributed by atoms with E-state index < -0.39 is 7.82 Å². The molecule has 82 valence electrons. The molecule has 0 heterocycles. The van der Waals surface area contributed by atoms with Crippen molar-refractivity contribution in [3.05, 3.63) is 17.9 Å². The molecular formula is C9H17O4P. The Morgan fingerprint density at radius 3 is 2.21 bits per heavy atom. The van der Waals surface area contributed by atoms with Gasteiger partial charge in [-0.2, -0.15) is 0 Å². The number of hydrogen-bond donors (Lipinski definition) is 0. The van der Waals surface area contributed by atoms with E-state index in [9.17, 15) is 4.57 Å². The van der Waals surface area contributed by atoms with Gasteiger partial charge in [0.25, 0.3) is 0 Å². The molecule has 0 atom stereocenters. The molecule has 0 unspecified atom stereocenters. The Morgan fingerprint density at radius 2 is 1.79 bits per heavy atom. The summed E-state index contributed by atoms with van der Waals surface area (Å²) in [5.74, 6) is 0. The maximum absolute atomic E-state index is 11.7. The van der Waals surface area contributed by atoms with Crippen molar-refractivity contribution in [2.45, 2.75) is 20.8 Å². The topological polar surface area (TPSA) is 44.8 Å². The molecule has 0 saturated heterocycles. The van der Waals surface area contributed by atoms with Crippen molar-refractivity contribution in [2.24, 2.45) is 0 Å². The van der Waals surface area contributed by atoms with Crippen LogP contribution in [0.25, 0.3) is 0 Å². The SMILES string of the molecule is CC=C=CCOP(=O)(OCC)OCC. The number of phosphoric acid groups is 1. The molecule has 0 saturated carbocycles. The van der Waals surface area contributed by atoms with Crippen molar-refractivity contribution >= 4 is 7.82 Å². The molecule has 4 nitrogen and oxygen atoms in total. The highest BCUT2D eigenvalue weighted by Gasteiger charge is 2.24. The first-order valence-corrected chi connectivity index (χ1v) is 6.03. The van der Waals surface area contributed by atoms with Crippen LogP contribution in [-0.4, -0.2) is 19.8 Å². The zero-order valence-corrected chi connectivity index (χ0v) is 9.75. The number of phosphoric ester groups is 1. The standard InChI is InChI=1S/C9H17O4P/c1-4-7-8-9-13-14(10,11-5-2)12-6-3/h4,8H,5-6,9H2,1-3H3. The maximum Gasteiger partial charge on any atom is 0.475 e. The highest BCUT2D eigenvalue weighted by atomic mass is 31.2. The van der Waals surface area contributed by atoms with Crippen LogP contribution in [0.3, 0.4) is 0 Å². The van der Waals surface area contributed by atoms with Gasteiger partial charge in [-0.1, -0.05) is 0 Å². The minimum Gasteiger partial charge on any atom is -0.287 e. The smallest absolute Gasteiger partial charge is 0.287 e. The molecular weight excluding hydrogens is 203 g/mol. The molecule has 0 aliphatic heterocycles. The van der Waals surface area contributed by atoms with Crippen LogP contribution in [0.2, 0.25) is 0 Å². The van der Waals surface area contributed by atoms with Crippen LogP contribution in [-0.2, 0) is 18.1 Å². The molecule has 0 aromatic rings. The minimum atomic E-state index is -3.34. The van der Waals surface area contributed by atoms with Gasteiger partial charge in [0.15, 0.2) is 0 Å². The van der Waals surface area contributed by atoms with Crippen LogP contribution in [0.15, 0.2) is 17.9 Å². The number of rotatable bonds is 7. The summed E-state index contributed by atoms with van der Waals surface area (Å²) in [5.41, 5.74) is 2.80. The lowest BCUT2D eigenvalue weighted by Gasteiger charge is -2.14. The fourth-order valence-corrected chi connectivity index (χ4v) is 1.84. The van der Waals surface area contributed by atoms with E-state index in [4.69, 9.17) is 13.6 Å². The summed E-state index contributed by atoms with van der Waals surface area (Å²) in [5, 5.41) is 0. The Balaban J connectivity index is 4.08. The fourth-order valence-electron chi connectivity index (χ4n) is 0.723. The molecule has 0 aliphatic carbocycles. The van der Waals surface area contributed by atoms with Crippen molar-refractivity contribution in [2.75, 3.05) is 19.8 Å². The molecule has 0 N–H and O–H groups in total. The summed E-state index contributed by atoms with van der Waals surface area (Å²) in [7, 11) is -3.34. The van der Waals surface area contributed by atoms with Gasteiger partial charge in [-0.3, -0.25) is 13.6 Å². The third kappa shape index (κ3) is 6.14. The van der Waals surface area contributed by atoms with E-state index in [-0.39, 0.29) is 6.61 Å². The van der Waals surface area contributed by atoms with E-state index in [0.29, 0.717) is 13.2 Å². The molecule has 0 aromatic heterocycles. The van der Waals surface area contributed by atoms with Crippen molar-refractivity contribution < 1.29 is 18.1 Å². The Hall–Kier alpha value is -0.370. The van der Waals surface area contributed by atoms with Gasteiger partial charge in [0.05, 0.1) is 19.8 Å². The second kappa shape index (κ2) is 7.98. The first kappa shape index (κ1) is 13.6. The average Bonchev–Trinajstić information content (AvgIpc) is 2.13. The highest BCUT2D eigenvalue weighted by molar-refractivity contribution is 7.48. The van der Waals surface area contributed by atoms with Crippen molar-refractivity contribution in [1.82, 2.24) is 0 Å². The van der Waals surface area contributed by atoms with Gasteiger partial charge in [0.1, 0.15) is 0 Å². The Kier molecular flexibility index (Phi) is 7.77. The quantitative estimate of drug-likeness (QED) is 0.488. The second-order valence-electron chi connectivity index (χ2n) is 2.24. The summed E-state index contributed by atoms with van der Waals surface area (Å²) in [6.45, 7) is 6.06. The molecule has 14 heavy (non-hydrogen) atoms. The van der Waals surface area contributed by atoms with Crippen molar-refractivity contribution in [3.8, 4) is 0 Å². The third-order valence-corrected chi connectivity index (χ3v) is 2.79. The van der Waals surface area contributed by atoms with Gasteiger partial charge in [-0.15, -0.1) is 5.73 Å². The van der Waals surface area contributed by atoms with Gasteiger partial charge in [0, 0.05) is 0 Å². The molecule has 0 spiro atoms. The first-order chi connectivity index (χ1) is 6.68. The van der Waals surface area contributed by atoms with E-state index in [1.54, 1.807) is 26.0 Å². The summed E-state index contributed by atoms with van der Waals surface area (Å²) in [6.07, 6.45) is 3.35. The Bertz CT molecular complexity index is 233. The Morgan fingerprint density at radius 1 is 1.21 bits per heavy atom. The van der Waals surface area contributed by atoms with Crippen LogP contribution < -0.4 is 0 Å². The van der Waals surface area contributed by atoms with Crippen LogP contribution in [0.5, 0.6) is 0 Å². The molecule has 0 rings (SSSR count). The second-order valence-corrected chi connectivity index (χ2v) is 3.91. The van der Waals surface area contributed by atoms with E-state index in [1.807, 2.05) is 6.92 Å². The summed E-state index contributed by atoms with van der Waals surface area (Å²) < 4.78 is 26.4. The predicted octanol–water partition coefficient (Wildman–Crippen LogP) is 2.92. The summed E-state index contributed by atoms with van der Waals surface area (Å²) >= 11 is 0. The van der Waals surface area contributed by atoms with Gasteiger partial charge >= 0.3 is 7.82 Å².